The molecule has 5 nitrogen and oxygen atoms in total. The number of phenols is 1. The average Bonchev–Trinajstić information content (AvgIpc) is 3.69. The van der Waals surface area contributed by atoms with Gasteiger partial charge < -0.3 is 9.52 Å². The zero-order valence-corrected chi connectivity index (χ0v) is 26.9. The number of aromatic nitrogens is 3. The Kier molecular flexibility index (Phi) is 6.91. The topological polar surface area (TPSA) is 64.1 Å². The second-order valence-electron chi connectivity index (χ2n) is 12.8. The largest absolute Gasteiger partial charge is 0.507 e. The molecule has 1 N–H and O–H groups in total. The van der Waals surface area contributed by atoms with E-state index in [1.54, 1.807) is 6.07 Å². The van der Waals surface area contributed by atoms with Crippen LogP contribution in [0.3, 0.4) is 0 Å². The highest BCUT2D eigenvalue weighted by atomic mass is 16.3. The number of nitrogens with zero attached hydrogens (tertiary/aromatic N) is 3. The minimum absolute atomic E-state index is 0.191. The number of hydrogen-bond acceptors (Lipinski definition) is 4. The molecule has 0 bridgehead atoms. The monoisotopic (exact) mass is 613 g/mol. The number of furan rings is 1. The van der Waals surface area contributed by atoms with Crippen LogP contribution < -0.4 is 0 Å². The number of pyridine rings is 1. The van der Waals surface area contributed by atoms with Crippen molar-refractivity contribution in [2.75, 3.05) is 0 Å². The number of imidazole rings is 1. The number of rotatable bonds is 6. The Balaban J connectivity index is 1.44. The van der Waals surface area contributed by atoms with Crippen molar-refractivity contribution < 1.29 is 9.52 Å². The maximum absolute atomic E-state index is 11.1. The second kappa shape index (κ2) is 11.3. The van der Waals surface area contributed by atoms with Crippen LogP contribution in [0.15, 0.2) is 126 Å². The molecule has 0 aliphatic carbocycles. The van der Waals surface area contributed by atoms with Gasteiger partial charge in [-0.2, -0.15) is 0 Å². The van der Waals surface area contributed by atoms with E-state index in [4.69, 9.17) is 14.4 Å². The SMILES string of the molecule is CC(C)c1cccc(C(C)C)c1-n1cc(-c2cc(-c3cc4ccccc4cn3)c3oc4ccccc4c3c2)nc1-c1ccccc1O. The van der Waals surface area contributed by atoms with E-state index in [0.717, 1.165) is 60.9 Å². The molecular weight excluding hydrogens is 578 g/mol. The summed E-state index contributed by atoms with van der Waals surface area (Å²) < 4.78 is 8.69. The van der Waals surface area contributed by atoms with E-state index < -0.39 is 0 Å². The van der Waals surface area contributed by atoms with Crippen molar-refractivity contribution >= 4 is 32.7 Å². The van der Waals surface area contributed by atoms with Crippen LogP contribution >= 0.6 is 0 Å². The van der Waals surface area contributed by atoms with Crippen molar-refractivity contribution in [1.82, 2.24) is 14.5 Å². The van der Waals surface area contributed by atoms with E-state index in [1.807, 2.05) is 54.7 Å². The first-order chi connectivity index (χ1) is 22.9. The molecule has 3 aromatic heterocycles. The van der Waals surface area contributed by atoms with Crippen molar-refractivity contribution in [3.05, 3.63) is 133 Å². The van der Waals surface area contributed by atoms with Crippen molar-refractivity contribution in [2.24, 2.45) is 0 Å². The number of fused-ring (bicyclic) bond motifs is 4. The average molecular weight is 614 g/mol. The molecule has 0 spiro atoms. The van der Waals surface area contributed by atoms with Crippen LogP contribution in [-0.4, -0.2) is 19.6 Å². The highest BCUT2D eigenvalue weighted by Gasteiger charge is 2.24. The Morgan fingerprint density at radius 2 is 1.36 bits per heavy atom. The first kappa shape index (κ1) is 28.8. The molecular formula is C42H35N3O2. The summed E-state index contributed by atoms with van der Waals surface area (Å²) in [5, 5.41) is 15.4. The molecule has 0 radical (unpaired) electrons. The first-order valence-electron chi connectivity index (χ1n) is 16.2. The highest BCUT2D eigenvalue weighted by Crippen LogP contribution is 2.42. The van der Waals surface area contributed by atoms with Crippen LogP contribution in [0.2, 0.25) is 0 Å². The molecule has 0 saturated heterocycles. The number of hydrogen-bond donors (Lipinski definition) is 1. The summed E-state index contributed by atoms with van der Waals surface area (Å²) in [6, 6.07) is 36.8. The van der Waals surface area contributed by atoms with E-state index in [9.17, 15) is 5.11 Å². The molecule has 0 saturated carbocycles. The van der Waals surface area contributed by atoms with E-state index in [0.29, 0.717) is 11.4 Å². The number of benzene rings is 5. The maximum Gasteiger partial charge on any atom is 0.148 e. The lowest BCUT2D eigenvalue weighted by molar-refractivity contribution is 0.477. The van der Waals surface area contributed by atoms with Crippen molar-refractivity contribution in [3.8, 4) is 45.3 Å². The quantitative estimate of drug-likeness (QED) is 0.203. The van der Waals surface area contributed by atoms with Gasteiger partial charge in [-0.05, 0) is 64.7 Å². The molecule has 0 atom stereocenters. The molecule has 8 aromatic rings. The van der Waals surface area contributed by atoms with Gasteiger partial charge in [-0.3, -0.25) is 9.55 Å². The predicted octanol–water partition coefficient (Wildman–Crippen LogP) is 11.3. The van der Waals surface area contributed by atoms with Gasteiger partial charge in [-0.15, -0.1) is 0 Å². The van der Waals surface area contributed by atoms with Gasteiger partial charge in [0.05, 0.1) is 22.6 Å². The molecule has 3 heterocycles. The second-order valence-corrected chi connectivity index (χ2v) is 12.8. The Bertz CT molecular complexity index is 2420. The Hall–Kier alpha value is -5.68. The smallest absolute Gasteiger partial charge is 0.148 e. The summed E-state index contributed by atoms with van der Waals surface area (Å²) in [4.78, 5) is 10.2. The summed E-state index contributed by atoms with van der Waals surface area (Å²) in [6.45, 7) is 8.89. The van der Waals surface area contributed by atoms with Crippen LogP contribution in [0.5, 0.6) is 5.75 Å². The van der Waals surface area contributed by atoms with Crippen LogP contribution in [0.1, 0.15) is 50.7 Å². The van der Waals surface area contributed by atoms with Gasteiger partial charge in [-0.25, -0.2) is 4.98 Å². The zero-order chi connectivity index (χ0) is 32.2. The van der Waals surface area contributed by atoms with E-state index >= 15 is 0 Å². The third-order valence-electron chi connectivity index (χ3n) is 9.12. The lowest BCUT2D eigenvalue weighted by Gasteiger charge is -2.22. The molecule has 0 aliphatic heterocycles. The molecule has 5 aromatic carbocycles. The van der Waals surface area contributed by atoms with Crippen molar-refractivity contribution in [2.45, 2.75) is 39.5 Å². The minimum atomic E-state index is 0.191. The highest BCUT2D eigenvalue weighted by molar-refractivity contribution is 6.11. The fourth-order valence-electron chi connectivity index (χ4n) is 6.73. The fraction of sp³-hybridized carbons (Fsp3) is 0.143. The van der Waals surface area contributed by atoms with Gasteiger partial charge >= 0.3 is 0 Å². The Morgan fingerprint density at radius 1 is 0.660 bits per heavy atom. The predicted molar refractivity (Wildman–Crippen MR) is 192 cm³/mol. The summed E-state index contributed by atoms with van der Waals surface area (Å²) in [5.41, 5.74) is 9.36. The van der Waals surface area contributed by atoms with Gasteiger partial charge in [0, 0.05) is 39.7 Å². The molecule has 0 fully saturated rings. The lowest BCUT2D eigenvalue weighted by Crippen LogP contribution is -2.07. The van der Waals surface area contributed by atoms with Gasteiger partial charge in [0.2, 0.25) is 0 Å². The van der Waals surface area contributed by atoms with E-state index in [2.05, 4.69) is 93.1 Å². The van der Waals surface area contributed by atoms with Crippen molar-refractivity contribution in [1.29, 1.82) is 0 Å². The third kappa shape index (κ3) is 4.86. The number of phenolic OH excluding ortho intramolecular Hbond substituents is 1. The molecule has 230 valence electrons. The van der Waals surface area contributed by atoms with E-state index in [1.165, 1.54) is 11.1 Å². The lowest BCUT2D eigenvalue weighted by atomic mass is 9.92. The van der Waals surface area contributed by atoms with Crippen LogP contribution in [0.25, 0.3) is 72.3 Å². The Labute approximate surface area is 273 Å². The number of aromatic hydroxyl groups is 1. The Morgan fingerprint density at radius 3 is 2.13 bits per heavy atom. The normalized spacial score (nSPS) is 11.9. The van der Waals surface area contributed by atoms with Gasteiger partial charge in [0.1, 0.15) is 22.7 Å². The third-order valence-corrected chi connectivity index (χ3v) is 9.12. The first-order valence-corrected chi connectivity index (χ1v) is 16.2. The molecule has 0 unspecified atom stereocenters. The molecule has 8 rings (SSSR count). The number of para-hydroxylation sites is 3. The maximum atomic E-state index is 11.1. The van der Waals surface area contributed by atoms with Crippen LogP contribution in [0.4, 0.5) is 0 Å². The molecule has 5 heteroatoms. The summed E-state index contributed by atoms with van der Waals surface area (Å²) in [7, 11) is 0. The standard InChI is InChI=1S/C42H35N3O2/c1-25(2)30-16-11-17-31(26(3)4)40(30)45-24-37(44-42(45)33-15-7-9-18-38(33)46)29-20-34-32-14-8-10-19-39(32)47-41(34)35(21-29)36-22-27-12-5-6-13-28(27)23-43-36/h5-26,46H,1-4H3. The summed E-state index contributed by atoms with van der Waals surface area (Å²) in [5.74, 6) is 1.45. The van der Waals surface area contributed by atoms with Crippen LogP contribution in [-0.2, 0) is 0 Å². The fourth-order valence-corrected chi connectivity index (χ4v) is 6.73. The van der Waals surface area contributed by atoms with Gasteiger partial charge in [0.25, 0.3) is 0 Å². The van der Waals surface area contributed by atoms with Crippen LogP contribution in [0, 0.1) is 0 Å². The summed E-state index contributed by atoms with van der Waals surface area (Å²) in [6.07, 6.45) is 4.04. The molecule has 47 heavy (non-hydrogen) atoms. The minimum Gasteiger partial charge on any atom is -0.507 e. The van der Waals surface area contributed by atoms with Gasteiger partial charge in [0.15, 0.2) is 0 Å². The zero-order valence-electron chi connectivity index (χ0n) is 26.9. The van der Waals surface area contributed by atoms with Gasteiger partial charge in [-0.1, -0.05) is 100 Å². The van der Waals surface area contributed by atoms with Crippen molar-refractivity contribution in [3.63, 3.8) is 0 Å². The van der Waals surface area contributed by atoms with E-state index in [-0.39, 0.29) is 17.6 Å². The summed E-state index contributed by atoms with van der Waals surface area (Å²) >= 11 is 0. The molecule has 0 aliphatic rings. The molecule has 0 amide bonds.